The monoisotopic (exact) mass is 380 g/mol. The second kappa shape index (κ2) is 7.55. The van der Waals surface area contributed by atoms with Gasteiger partial charge in [-0.15, -0.1) is 5.10 Å². The molecule has 3 heterocycles. The Morgan fingerprint density at radius 2 is 2.11 bits per heavy atom. The maximum absolute atomic E-state index is 12.8. The zero-order chi connectivity index (χ0) is 19.7. The molecule has 2 N–H and O–H groups in total. The molecule has 28 heavy (non-hydrogen) atoms. The quantitative estimate of drug-likeness (QED) is 0.708. The number of anilines is 1. The molecule has 8 heteroatoms. The lowest BCUT2D eigenvalue weighted by Gasteiger charge is -2.16. The molecule has 2 atom stereocenters. The van der Waals surface area contributed by atoms with Crippen molar-refractivity contribution in [2.45, 2.75) is 39.3 Å². The second-order valence-corrected chi connectivity index (χ2v) is 7.40. The Hall–Kier alpha value is -3.00. The van der Waals surface area contributed by atoms with E-state index in [9.17, 15) is 4.79 Å². The highest BCUT2D eigenvalue weighted by molar-refractivity contribution is 5.91. The van der Waals surface area contributed by atoms with Gasteiger partial charge in [-0.1, -0.05) is 29.8 Å². The van der Waals surface area contributed by atoms with E-state index < -0.39 is 0 Å². The number of amides is 1. The van der Waals surface area contributed by atoms with Crippen LogP contribution in [0, 0.1) is 12.8 Å². The van der Waals surface area contributed by atoms with Crippen LogP contribution in [0.4, 0.5) is 5.95 Å². The Labute approximate surface area is 163 Å². The number of rotatable bonds is 5. The lowest BCUT2D eigenvalue weighted by atomic mass is 9.96. The second-order valence-electron chi connectivity index (χ2n) is 7.40. The number of aromatic nitrogens is 5. The van der Waals surface area contributed by atoms with Gasteiger partial charge in [0.2, 0.25) is 11.9 Å². The molecule has 0 radical (unpaired) electrons. The number of carbonyl (C=O) groups excluding carboxylic acids is 1. The summed E-state index contributed by atoms with van der Waals surface area (Å²) in [6.45, 7) is 6.69. The van der Waals surface area contributed by atoms with Crippen LogP contribution < -0.4 is 5.32 Å². The van der Waals surface area contributed by atoms with Crippen molar-refractivity contribution in [3.8, 4) is 11.4 Å². The molecule has 1 aliphatic rings. The number of nitrogens with zero attached hydrogens (tertiary/aromatic N) is 4. The Morgan fingerprint density at radius 3 is 2.82 bits per heavy atom. The fourth-order valence-corrected chi connectivity index (χ4v) is 3.33. The van der Waals surface area contributed by atoms with Crippen molar-refractivity contribution in [3.05, 3.63) is 47.8 Å². The third-order valence-electron chi connectivity index (χ3n) is 4.95. The zero-order valence-electron chi connectivity index (χ0n) is 16.2. The molecule has 1 aliphatic heterocycles. The number of ether oxygens (including phenoxy) is 1. The van der Waals surface area contributed by atoms with Gasteiger partial charge < -0.3 is 4.74 Å². The first-order valence-electron chi connectivity index (χ1n) is 9.47. The fourth-order valence-electron chi connectivity index (χ4n) is 3.33. The first-order valence-corrected chi connectivity index (χ1v) is 9.47. The minimum absolute atomic E-state index is 0.144. The average Bonchev–Trinajstić information content (AvgIpc) is 3.42. The summed E-state index contributed by atoms with van der Waals surface area (Å²) in [5.41, 5.74) is 3.01. The predicted molar refractivity (Wildman–Crippen MR) is 105 cm³/mol. The highest BCUT2D eigenvalue weighted by atomic mass is 16.5. The summed E-state index contributed by atoms with van der Waals surface area (Å²) in [6, 6.07) is 8.21. The number of benzene rings is 1. The van der Waals surface area contributed by atoms with E-state index in [-0.39, 0.29) is 29.9 Å². The van der Waals surface area contributed by atoms with Crippen molar-refractivity contribution in [2.75, 3.05) is 11.9 Å². The highest BCUT2D eigenvalue weighted by Crippen LogP contribution is 2.35. The Kier molecular flexibility index (Phi) is 4.95. The molecule has 3 aromatic rings. The van der Waals surface area contributed by atoms with Crippen LogP contribution in [0.5, 0.6) is 0 Å². The van der Waals surface area contributed by atoms with Gasteiger partial charge in [0.25, 0.3) is 0 Å². The van der Waals surface area contributed by atoms with Gasteiger partial charge in [0.05, 0.1) is 18.2 Å². The number of aromatic amines is 1. The predicted octanol–water partition coefficient (Wildman–Crippen LogP) is 3.27. The van der Waals surface area contributed by atoms with Crippen LogP contribution >= 0.6 is 0 Å². The number of aryl methyl sites for hydroxylation is 1. The summed E-state index contributed by atoms with van der Waals surface area (Å²) >= 11 is 0. The molecule has 0 bridgehead atoms. The smallest absolute Gasteiger partial charge is 0.249 e. The topological polar surface area (TPSA) is 97.7 Å². The van der Waals surface area contributed by atoms with Crippen molar-refractivity contribution in [1.29, 1.82) is 0 Å². The molecule has 0 saturated carbocycles. The minimum Gasteiger partial charge on any atom is -0.373 e. The number of H-pyrrole nitrogens is 1. The molecule has 146 valence electrons. The van der Waals surface area contributed by atoms with Gasteiger partial charge in [0.1, 0.15) is 0 Å². The van der Waals surface area contributed by atoms with Gasteiger partial charge in [0, 0.05) is 30.0 Å². The maximum atomic E-state index is 12.8. The van der Waals surface area contributed by atoms with E-state index >= 15 is 0 Å². The Morgan fingerprint density at radius 1 is 1.32 bits per heavy atom. The molecule has 1 fully saturated rings. The molecule has 0 unspecified atom stereocenters. The molecular weight excluding hydrogens is 356 g/mol. The Bertz CT molecular complexity index is 959. The van der Waals surface area contributed by atoms with Gasteiger partial charge in [-0.2, -0.15) is 10.1 Å². The van der Waals surface area contributed by atoms with Crippen LogP contribution in [0.1, 0.15) is 43.5 Å². The number of nitrogens with one attached hydrogen (secondary N) is 2. The molecular formula is C20H24N6O2. The van der Waals surface area contributed by atoms with Crippen molar-refractivity contribution >= 4 is 11.9 Å². The van der Waals surface area contributed by atoms with Gasteiger partial charge in [-0.05, 0) is 27.2 Å². The standard InChI is InChI=1S/C20H24N6O2/c1-12(2)26-11-15(10-21-26)17-16(8-9-28-17)19(27)23-20-22-18(24-25-20)14-6-4-13(3)5-7-14/h4-7,10-12,16-17H,8-9H2,1-3H3,(H2,22,23,24,25,27)/t16-,17+/m0/s1. The van der Waals surface area contributed by atoms with Crippen LogP contribution in [0.25, 0.3) is 11.4 Å². The van der Waals surface area contributed by atoms with Gasteiger partial charge in [0.15, 0.2) is 5.82 Å². The maximum Gasteiger partial charge on any atom is 0.249 e. The molecule has 4 rings (SSSR count). The van der Waals surface area contributed by atoms with E-state index in [0.717, 1.165) is 11.1 Å². The zero-order valence-corrected chi connectivity index (χ0v) is 16.2. The van der Waals surface area contributed by atoms with Gasteiger partial charge in [-0.25, -0.2) is 0 Å². The molecule has 1 amide bonds. The molecule has 0 aliphatic carbocycles. The van der Waals surface area contributed by atoms with Crippen LogP contribution in [-0.2, 0) is 9.53 Å². The summed E-state index contributed by atoms with van der Waals surface area (Å²) in [5, 5.41) is 14.2. The first-order chi connectivity index (χ1) is 13.5. The van der Waals surface area contributed by atoms with E-state index in [4.69, 9.17) is 4.74 Å². The lowest BCUT2D eigenvalue weighted by molar-refractivity contribution is -0.121. The number of carbonyl (C=O) groups is 1. The normalized spacial score (nSPS) is 19.3. The molecule has 2 aromatic heterocycles. The lowest BCUT2D eigenvalue weighted by Crippen LogP contribution is -2.25. The van der Waals surface area contributed by atoms with E-state index in [1.54, 1.807) is 6.20 Å². The van der Waals surface area contributed by atoms with Crippen LogP contribution in [0.15, 0.2) is 36.7 Å². The summed E-state index contributed by atoms with van der Waals surface area (Å²) < 4.78 is 7.70. The third-order valence-corrected chi connectivity index (χ3v) is 4.95. The van der Waals surface area contributed by atoms with Crippen LogP contribution in [0.2, 0.25) is 0 Å². The highest BCUT2D eigenvalue weighted by Gasteiger charge is 2.36. The third kappa shape index (κ3) is 3.68. The van der Waals surface area contributed by atoms with Crippen LogP contribution in [-0.4, -0.2) is 37.5 Å². The van der Waals surface area contributed by atoms with Gasteiger partial charge >= 0.3 is 0 Å². The van der Waals surface area contributed by atoms with E-state index in [1.165, 1.54) is 5.56 Å². The molecule has 0 spiro atoms. The molecule has 1 aromatic carbocycles. The summed E-state index contributed by atoms with van der Waals surface area (Å²) in [7, 11) is 0. The van der Waals surface area contributed by atoms with E-state index in [1.807, 2.05) is 42.1 Å². The Balaban J connectivity index is 1.46. The molecule has 1 saturated heterocycles. The van der Waals surface area contributed by atoms with Crippen molar-refractivity contribution in [2.24, 2.45) is 5.92 Å². The fraction of sp³-hybridized carbons (Fsp3) is 0.400. The molecule has 8 nitrogen and oxygen atoms in total. The van der Waals surface area contributed by atoms with E-state index in [0.29, 0.717) is 18.9 Å². The minimum atomic E-state index is -0.303. The van der Waals surface area contributed by atoms with Crippen LogP contribution in [0.3, 0.4) is 0 Å². The van der Waals surface area contributed by atoms with Crippen molar-refractivity contribution in [1.82, 2.24) is 25.0 Å². The van der Waals surface area contributed by atoms with Gasteiger partial charge in [-0.3, -0.25) is 19.9 Å². The summed E-state index contributed by atoms with van der Waals surface area (Å²) in [4.78, 5) is 17.2. The average molecular weight is 380 g/mol. The number of hydrogen-bond acceptors (Lipinski definition) is 5. The van der Waals surface area contributed by atoms with Crippen molar-refractivity contribution < 1.29 is 9.53 Å². The summed E-state index contributed by atoms with van der Waals surface area (Å²) in [5.74, 6) is 0.442. The SMILES string of the molecule is Cc1ccc(-c2nc(NC(=O)[C@H]3CCO[C@@H]3c3cnn(C(C)C)c3)n[nH]2)cc1. The van der Waals surface area contributed by atoms with Crippen molar-refractivity contribution in [3.63, 3.8) is 0 Å². The largest absolute Gasteiger partial charge is 0.373 e. The van der Waals surface area contributed by atoms with E-state index in [2.05, 4.69) is 39.4 Å². The first kappa shape index (κ1) is 18.4. The number of hydrogen-bond donors (Lipinski definition) is 2. The summed E-state index contributed by atoms with van der Waals surface area (Å²) in [6.07, 6.45) is 4.07.